The number of ether oxygens (including phenoxy) is 4. The van der Waals surface area contributed by atoms with E-state index in [0.717, 1.165) is 0 Å². The van der Waals surface area contributed by atoms with Gasteiger partial charge in [0.05, 0.1) is 50.1 Å². The van der Waals surface area contributed by atoms with E-state index in [2.05, 4.69) is 20.4 Å². The number of anilines is 1. The molecule has 10 nitrogen and oxygen atoms in total. The average Bonchev–Trinajstić information content (AvgIpc) is 3.38. The molecule has 198 valence electrons. The molecule has 5 rings (SSSR count). The highest BCUT2D eigenvalue weighted by Gasteiger charge is 2.21. The van der Waals surface area contributed by atoms with Crippen LogP contribution >= 0.6 is 0 Å². The number of rotatable bonds is 9. The zero-order chi connectivity index (χ0) is 27.4. The molecular weight excluding hydrogens is 505 g/mol. The summed E-state index contributed by atoms with van der Waals surface area (Å²) in [6.07, 6.45) is 6.38. The maximum Gasteiger partial charge on any atom is 0.280 e. The number of hydrogen-bond acceptors (Lipinski definition) is 8. The van der Waals surface area contributed by atoms with E-state index in [4.69, 9.17) is 18.9 Å². The van der Waals surface area contributed by atoms with Crippen molar-refractivity contribution in [3.05, 3.63) is 84.8 Å². The van der Waals surface area contributed by atoms with Crippen LogP contribution in [0.25, 0.3) is 16.6 Å². The summed E-state index contributed by atoms with van der Waals surface area (Å²) in [6.45, 7) is 2.11. The lowest BCUT2D eigenvalue weighted by Gasteiger charge is -2.13. The first-order chi connectivity index (χ1) is 19.0. The third-order valence-electron chi connectivity index (χ3n) is 5.73. The van der Waals surface area contributed by atoms with Gasteiger partial charge >= 0.3 is 0 Å². The standard InChI is InChI=1S/C28H24FN5O5/c1-4-38-26-16-34(17-6-5-10-30-15-17)33-27(26)28(35)32-21-8-7-18(12-20(21)29)39-23-9-11-31-22-14-25(37-3)24(36-2)13-19(22)23/h5-16H,4H2,1-3H3,(H,32,35). The highest BCUT2D eigenvalue weighted by Crippen LogP contribution is 2.37. The third kappa shape index (κ3) is 5.28. The minimum absolute atomic E-state index is 0.00746. The number of nitrogens with zero attached hydrogens (tertiary/aromatic N) is 4. The van der Waals surface area contributed by atoms with Crippen LogP contribution in [0.2, 0.25) is 0 Å². The first-order valence-corrected chi connectivity index (χ1v) is 11.9. The molecular formula is C28H24FN5O5. The number of methoxy groups -OCH3 is 2. The summed E-state index contributed by atoms with van der Waals surface area (Å²) in [7, 11) is 3.07. The predicted octanol–water partition coefficient (Wildman–Crippen LogP) is 5.42. The van der Waals surface area contributed by atoms with Gasteiger partial charge in [0.1, 0.15) is 17.3 Å². The quantitative estimate of drug-likeness (QED) is 0.270. The lowest BCUT2D eigenvalue weighted by molar-refractivity contribution is 0.101. The van der Waals surface area contributed by atoms with Crippen LogP contribution < -0.4 is 24.3 Å². The normalized spacial score (nSPS) is 10.8. The van der Waals surface area contributed by atoms with Crippen molar-refractivity contribution in [2.45, 2.75) is 6.92 Å². The van der Waals surface area contributed by atoms with Crippen LogP contribution in [-0.2, 0) is 0 Å². The highest BCUT2D eigenvalue weighted by molar-refractivity contribution is 6.04. The zero-order valence-electron chi connectivity index (χ0n) is 21.3. The molecule has 39 heavy (non-hydrogen) atoms. The molecule has 11 heteroatoms. The van der Waals surface area contributed by atoms with Gasteiger partial charge in [0, 0.05) is 29.9 Å². The van der Waals surface area contributed by atoms with Gasteiger partial charge in [-0.05, 0) is 43.3 Å². The maximum atomic E-state index is 15.1. The van der Waals surface area contributed by atoms with Crippen LogP contribution in [0.4, 0.5) is 10.1 Å². The van der Waals surface area contributed by atoms with E-state index in [1.165, 1.54) is 31.0 Å². The highest BCUT2D eigenvalue weighted by atomic mass is 19.1. The largest absolute Gasteiger partial charge is 0.493 e. The SMILES string of the molecule is CCOc1cn(-c2cccnc2)nc1C(=O)Nc1ccc(Oc2ccnc3cc(OC)c(OC)cc23)cc1F. The Hall–Kier alpha value is -5.19. The van der Waals surface area contributed by atoms with Gasteiger partial charge in [-0.15, -0.1) is 0 Å². The van der Waals surface area contributed by atoms with Gasteiger partial charge in [0.2, 0.25) is 0 Å². The Balaban J connectivity index is 1.38. The molecule has 0 saturated heterocycles. The zero-order valence-corrected chi connectivity index (χ0v) is 21.3. The predicted molar refractivity (Wildman–Crippen MR) is 142 cm³/mol. The topological polar surface area (TPSA) is 110 Å². The van der Waals surface area contributed by atoms with Crippen molar-refractivity contribution in [2.24, 2.45) is 0 Å². The minimum Gasteiger partial charge on any atom is -0.493 e. The van der Waals surface area contributed by atoms with Crippen molar-refractivity contribution in [2.75, 3.05) is 26.1 Å². The molecule has 0 atom stereocenters. The molecule has 0 saturated carbocycles. The first-order valence-electron chi connectivity index (χ1n) is 11.9. The number of nitrogens with one attached hydrogen (secondary N) is 1. The number of fused-ring (bicyclic) bond motifs is 1. The van der Waals surface area contributed by atoms with Gasteiger partial charge in [0.15, 0.2) is 22.9 Å². The first kappa shape index (κ1) is 25.5. The summed E-state index contributed by atoms with van der Waals surface area (Å²) in [6, 6.07) is 12.8. The Kier molecular flexibility index (Phi) is 7.21. The number of hydrogen-bond donors (Lipinski definition) is 1. The van der Waals surface area contributed by atoms with Crippen molar-refractivity contribution in [1.29, 1.82) is 0 Å². The molecule has 5 aromatic rings. The van der Waals surface area contributed by atoms with Crippen molar-refractivity contribution in [3.63, 3.8) is 0 Å². The molecule has 3 aromatic heterocycles. The molecule has 3 heterocycles. The molecule has 0 aliphatic rings. The summed E-state index contributed by atoms with van der Waals surface area (Å²) < 4.78 is 38.8. The van der Waals surface area contributed by atoms with Gasteiger partial charge in [-0.25, -0.2) is 9.07 Å². The van der Waals surface area contributed by atoms with E-state index in [0.29, 0.717) is 40.4 Å². The van der Waals surface area contributed by atoms with Crippen molar-refractivity contribution in [1.82, 2.24) is 19.7 Å². The second kappa shape index (κ2) is 11.1. The number of benzene rings is 2. The lowest BCUT2D eigenvalue weighted by Crippen LogP contribution is -2.15. The van der Waals surface area contributed by atoms with Gasteiger partial charge in [-0.2, -0.15) is 5.10 Å². The van der Waals surface area contributed by atoms with E-state index in [1.807, 2.05) is 0 Å². The maximum absolute atomic E-state index is 15.1. The van der Waals surface area contributed by atoms with E-state index in [9.17, 15) is 4.79 Å². The number of aromatic nitrogens is 4. The molecule has 0 aliphatic carbocycles. The Bertz CT molecular complexity index is 1640. The van der Waals surface area contributed by atoms with Gasteiger partial charge in [0.25, 0.3) is 5.91 Å². The number of amides is 1. The molecule has 0 bridgehead atoms. The molecule has 0 spiro atoms. The van der Waals surface area contributed by atoms with Crippen LogP contribution in [0, 0.1) is 5.82 Å². The summed E-state index contributed by atoms with van der Waals surface area (Å²) in [5.74, 6) is 0.639. The minimum atomic E-state index is -0.692. The Morgan fingerprint density at radius 2 is 1.82 bits per heavy atom. The molecule has 0 aliphatic heterocycles. The van der Waals surface area contributed by atoms with E-state index >= 15 is 4.39 Å². The fraction of sp³-hybridized carbons (Fsp3) is 0.143. The summed E-state index contributed by atoms with van der Waals surface area (Å²) in [5, 5.41) is 7.53. The van der Waals surface area contributed by atoms with Crippen LogP contribution in [0.15, 0.2) is 73.3 Å². The second-order valence-corrected chi connectivity index (χ2v) is 8.16. The molecule has 0 unspecified atom stereocenters. The monoisotopic (exact) mass is 529 g/mol. The lowest BCUT2D eigenvalue weighted by atomic mass is 10.2. The van der Waals surface area contributed by atoms with Crippen LogP contribution in [0.5, 0.6) is 28.7 Å². The molecule has 2 aromatic carbocycles. The number of pyridine rings is 2. The van der Waals surface area contributed by atoms with Crippen LogP contribution in [-0.4, -0.2) is 46.5 Å². The second-order valence-electron chi connectivity index (χ2n) is 8.16. The third-order valence-corrected chi connectivity index (χ3v) is 5.73. The van der Waals surface area contributed by atoms with Gasteiger partial charge < -0.3 is 24.3 Å². The summed E-state index contributed by atoms with van der Waals surface area (Å²) in [5.41, 5.74) is 1.22. The van der Waals surface area contributed by atoms with Crippen LogP contribution in [0.3, 0.4) is 0 Å². The molecule has 1 N–H and O–H groups in total. The Labute approximate surface area is 222 Å². The van der Waals surface area contributed by atoms with Crippen molar-refractivity contribution in [3.8, 4) is 34.4 Å². The molecule has 0 radical (unpaired) electrons. The fourth-order valence-electron chi connectivity index (χ4n) is 3.90. The van der Waals surface area contributed by atoms with Gasteiger partial charge in [-0.3, -0.25) is 14.8 Å². The number of carbonyl (C=O) groups is 1. The smallest absolute Gasteiger partial charge is 0.280 e. The summed E-state index contributed by atoms with van der Waals surface area (Å²) in [4.78, 5) is 21.4. The van der Waals surface area contributed by atoms with E-state index in [-0.39, 0.29) is 22.9 Å². The Morgan fingerprint density at radius 1 is 1.00 bits per heavy atom. The fourth-order valence-corrected chi connectivity index (χ4v) is 3.90. The number of halogens is 1. The average molecular weight is 530 g/mol. The van der Waals surface area contributed by atoms with E-state index in [1.54, 1.807) is 68.1 Å². The molecule has 1 amide bonds. The van der Waals surface area contributed by atoms with Gasteiger partial charge in [-0.1, -0.05) is 0 Å². The molecule has 0 fully saturated rings. The van der Waals surface area contributed by atoms with Crippen molar-refractivity contribution >= 4 is 22.5 Å². The Morgan fingerprint density at radius 3 is 2.54 bits per heavy atom. The van der Waals surface area contributed by atoms with E-state index < -0.39 is 11.7 Å². The number of carbonyl (C=O) groups excluding carboxylic acids is 1. The van der Waals surface area contributed by atoms with Crippen LogP contribution in [0.1, 0.15) is 17.4 Å². The van der Waals surface area contributed by atoms with Crippen molar-refractivity contribution < 1.29 is 28.1 Å². The summed E-state index contributed by atoms with van der Waals surface area (Å²) >= 11 is 0.